The van der Waals surface area contributed by atoms with Gasteiger partial charge in [0.05, 0.1) is 6.16 Å². The third kappa shape index (κ3) is 5.08. The van der Waals surface area contributed by atoms with Crippen molar-refractivity contribution >= 4 is 28.9 Å². The molecule has 164 valence electrons. The van der Waals surface area contributed by atoms with E-state index in [1.165, 1.54) is 27.2 Å². The lowest BCUT2D eigenvalue weighted by Gasteiger charge is -2.28. The van der Waals surface area contributed by atoms with Crippen molar-refractivity contribution in [1.82, 2.24) is 0 Å². The van der Waals surface area contributed by atoms with Crippen LogP contribution in [-0.4, -0.2) is 13.1 Å². The zero-order valence-electron chi connectivity index (χ0n) is 18.9. The molecule has 1 nitrogen and oxygen atoms in total. The highest BCUT2D eigenvalue weighted by Crippen LogP contribution is 2.58. The first kappa shape index (κ1) is 24.5. The number of anilines is 1. The molecule has 0 atom stereocenters. The molecule has 4 aromatic carbocycles. The van der Waals surface area contributed by atoms with Crippen LogP contribution in [0.25, 0.3) is 0 Å². The highest BCUT2D eigenvalue weighted by molar-refractivity contribution is 7.95. The molecule has 0 N–H and O–H groups in total. The van der Waals surface area contributed by atoms with E-state index in [9.17, 15) is 0 Å². The second kappa shape index (κ2) is 11.6. The molecule has 0 aromatic heterocycles. The standard InChI is InChI=1S/C29H31NP.HI/c1-3-30(4-2)26-22-20-25(21-23-26)24-31(27-14-8-5-9-15-27,28-16-10-6-11-17-28)29-18-12-7-13-19-29;/h5-23H,3-4,24H2,1-2H3;1H/q+1;/p-1. The molecule has 0 bridgehead atoms. The SMILES string of the molecule is CCN(CC)c1ccc(C[P+](c2ccccc2)(c2ccccc2)c2ccccc2)cc1.[I-]. The Balaban J connectivity index is 0.00000289. The lowest BCUT2D eigenvalue weighted by molar-refractivity contribution is -0.00000616. The highest BCUT2D eigenvalue weighted by atomic mass is 127. The van der Waals surface area contributed by atoms with E-state index in [2.05, 4.69) is 134 Å². The minimum Gasteiger partial charge on any atom is -1.00 e. The molecular weight excluding hydrogens is 520 g/mol. The fraction of sp³-hybridized carbons (Fsp3) is 0.172. The quantitative estimate of drug-likeness (QED) is 0.241. The van der Waals surface area contributed by atoms with E-state index in [0.29, 0.717) is 0 Å². The summed E-state index contributed by atoms with van der Waals surface area (Å²) in [5.74, 6) is 0. The Bertz CT molecular complexity index is 966. The minimum absolute atomic E-state index is 0. The third-order valence-electron chi connectivity index (χ3n) is 6.08. The van der Waals surface area contributed by atoms with Gasteiger partial charge in [-0.15, -0.1) is 0 Å². The molecule has 0 unspecified atom stereocenters. The van der Waals surface area contributed by atoms with Crippen LogP contribution in [0.3, 0.4) is 0 Å². The van der Waals surface area contributed by atoms with Crippen LogP contribution in [-0.2, 0) is 6.16 Å². The Morgan fingerprint density at radius 1 is 0.531 bits per heavy atom. The predicted molar refractivity (Wildman–Crippen MR) is 139 cm³/mol. The second-order valence-electron chi connectivity index (χ2n) is 7.81. The van der Waals surface area contributed by atoms with Crippen LogP contribution in [0.15, 0.2) is 115 Å². The molecular formula is C29H31INP. The molecule has 0 aliphatic carbocycles. The number of benzene rings is 4. The van der Waals surface area contributed by atoms with Crippen LogP contribution >= 0.6 is 7.26 Å². The third-order valence-corrected chi connectivity index (χ3v) is 10.5. The van der Waals surface area contributed by atoms with Crippen molar-refractivity contribution in [2.24, 2.45) is 0 Å². The van der Waals surface area contributed by atoms with Gasteiger partial charge in [0.25, 0.3) is 0 Å². The first-order valence-electron chi connectivity index (χ1n) is 11.2. The van der Waals surface area contributed by atoms with Gasteiger partial charge in [-0.3, -0.25) is 0 Å². The minimum atomic E-state index is -1.84. The highest BCUT2D eigenvalue weighted by Gasteiger charge is 2.45. The van der Waals surface area contributed by atoms with Gasteiger partial charge in [0.1, 0.15) is 23.2 Å². The van der Waals surface area contributed by atoms with E-state index < -0.39 is 7.26 Å². The lowest BCUT2D eigenvalue weighted by Crippen LogP contribution is -3.00. The van der Waals surface area contributed by atoms with Gasteiger partial charge in [-0.1, -0.05) is 66.7 Å². The summed E-state index contributed by atoms with van der Waals surface area (Å²) in [6.45, 7) is 6.50. The molecule has 0 saturated heterocycles. The maximum Gasteiger partial charge on any atom is 0.116 e. The van der Waals surface area contributed by atoms with Gasteiger partial charge >= 0.3 is 0 Å². The lowest BCUT2D eigenvalue weighted by atomic mass is 10.2. The Hall–Kier alpha value is -2.16. The van der Waals surface area contributed by atoms with Crippen LogP contribution in [0.5, 0.6) is 0 Å². The number of nitrogens with zero attached hydrogens (tertiary/aromatic N) is 1. The fourth-order valence-corrected chi connectivity index (χ4v) is 8.69. The van der Waals surface area contributed by atoms with Gasteiger partial charge < -0.3 is 28.9 Å². The van der Waals surface area contributed by atoms with Crippen LogP contribution in [0, 0.1) is 0 Å². The molecule has 4 aromatic rings. The topological polar surface area (TPSA) is 3.24 Å². The van der Waals surface area contributed by atoms with Gasteiger partial charge in [-0.2, -0.15) is 0 Å². The average molecular weight is 551 g/mol. The van der Waals surface area contributed by atoms with Crippen LogP contribution in [0.2, 0.25) is 0 Å². The first-order chi connectivity index (χ1) is 15.3. The van der Waals surface area contributed by atoms with E-state index in [-0.39, 0.29) is 24.0 Å². The molecule has 0 amide bonds. The Morgan fingerprint density at radius 3 is 1.25 bits per heavy atom. The van der Waals surface area contributed by atoms with E-state index in [4.69, 9.17) is 0 Å². The summed E-state index contributed by atoms with van der Waals surface area (Å²) >= 11 is 0. The Labute approximate surface area is 210 Å². The maximum atomic E-state index is 2.40. The zero-order valence-corrected chi connectivity index (χ0v) is 21.9. The van der Waals surface area contributed by atoms with Crippen molar-refractivity contribution in [1.29, 1.82) is 0 Å². The summed E-state index contributed by atoms with van der Waals surface area (Å²) < 4.78 is 0. The molecule has 0 aliphatic rings. The van der Waals surface area contributed by atoms with Crippen molar-refractivity contribution in [3.05, 3.63) is 121 Å². The van der Waals surface area contributed by atoms with Crippen LogP contribution in [0.1, 0.15) is 19.4 Å². The summed E-state index contributed by atoms with van der Waals surface area (Å²) in [7, 11) is -1.84. The van der Waals surface area contributed by atoms with E-state index in [1.807, 2.05) is 0 Å². The molecule has 0 aliphatic heterocycles. The van der Waals surface area contributed by atoms with Gasteiger partial charge in [0.2, 0.25) is 0 Å². The first-order valence-corrected chi connectivity index (χ1v) is 13.1. The van der Waals surface area contributed by atoms with Gasteiger partial charge in [-0.25, -0.2) is 0 Å². The van der Waals surface area contributed by atoms with E-state index in [0.717, 1.165) is 19.3 Å². The molecule has 0 radical (unpaired) electrons. The van der Waals surface area contributed by atoms with Gasteiger partial charge in [0, 0.05) is 18.8 Å². The van der Waals surface area contributed by atoms with E-state index in [1.54, 1.807) is 0 Å². The van der Waals surface area contributed by atoms with Crippen molar-refractivity contribution in [2.45, 2.75) is 20.0 Å². The molecule has 0 saturated carbocycles. The molecule has 32 heavy (non-hydrogen) atoms. The van der Waals surface area contributed by atoms with E-state index >= 15 is 0 Å². The molecule has 4 rings (SSSR count). The summed E-state index contributed by atoms with van der Waals surface area (Å²) in [4.78, 5) is 2.40. The summed E-state index contributed by atoms with van der Waals surface area (Å²) in [6.07, 6.45) is 1.02. The normalized spacial score (nSPS) is 10.9. The summed E-state index contributed by atoms with van der Waals surface area (Å²) in [5, 5.41) is 4.29. The second-order valence-corrected chi connectivity index (χ2v) is 11.3. The number of hydrogen-bond acceptors (Lipinski definition) is 1. The Morgan fingerprint density at radius 2 is 0.906 bits per heavy atom. The molecule has 0 fully saturated rings. The maximum absolute atomic E-state index is 2.40. The number of rotatable bonds is 8. The zero-order chi connectivity index (χ0) is 21.5. The van der Waals surface area contributed by atoms with Crippen molar-refractivity contribution in [3.63, 3.8) is 0 Å². The van der Waals surface area contributed by atoms with Crippen molar-refractivity contribution < 1.29 is 24.0 Å². The van der Waals surface area contributed by atoms with Crippen molar-refractivity contribution in [3.8, 4) is 0 Å². The monoisotopic (exact) mass is 551 g/mol. The van der Waals surface area contributed by atoms with Gasteiger partial charge in [0.15, 0.2) is 0 Å². The van der Waals surface area contributed by atoms with Crippen LogP contribution in [0.4, 0.5) is 5.69 Å². The smallest absolute Gasteiger partial charge is 0.116 e. The van der Waals surface area contributed by atoms with Crippen molar-refractivity contribution in [2.75, 3.05) is 18.0 Å². The molecule has 3 heteroatoms. The van der Waals surface area contributed by atoms with Crippen LogP contribution < -0.4 is 44.8 Å². The summed E-state index contributed by atoms with van der Waals surface area (Å²) in [5.41, 5.74) is 2.69. The molecule has 0 heterocycles. The predicted octanol–water partition coefficient (Wildman–Crippen LogP) is 3.03. The number of halogens is 1. The fourth-order valence-electron chi connectivity index (χ4n) is 4.44. The summed E-state index contributed by atoms with van der Waals surface area (Å²) in [6, 6.07) is 42.6. The van der Waals surface area contributed by atoms with Gasteiger partial charge in [-0.05, 0) is 67.9 Å². The molecule has 0 spiro atoms. The number of hydrogen-bond donors (Lipinski definition) is 0. The largest absolute Gasteiger partial charge is 1.00 e. The average Bonchev–Trinajstić information content (AvgIpc) is 2.86. The Kier molecular flexibility index (Phi) is 8.90.